The molecule has 0 amide bonds. The average Bonchev–Trinajstić information content (AvgIpc) is 2.63. The van der Waals surface area contributed by atoms with Gasteiger partial charge in [-0.15, -0.1) is 0 Å². The smallest absolute Gasteiger partial charge is 0.297 e. The van der Waals surface area contributed by atoms with Gasteiger partial charge >= 0.3 is 0 Å². The molecule has 10 heteroatoms. The fraction of sp³-hybridized carbons (Fsp3) is 0.278. The number of aromatic nitrogens is 3. The number of nitrogens with one attached hydrogen (secondary N) is 1. The van der Waals surface area contributed by atoms with E-state index in [4.69, 9.17) is 11.6 Å². The summed E-state index contributed by atoms with van der Waals surface area (Å²) in [6.07, 6.45) is -2.03. The topological polar surface area (TPSA) is 53.9 Å². The SMILES string of the molecule is FC1CN(Cc2cnc3c(Nc4cccc(Br)c4Cl)nc(C(F)F)nc3c2)C1. The van der Waals surface area contributed by atoms with Crippen molar-refractivity contribution < 1.29 is 13.2 Å². The summed E-state index contributed by atoms with van der Waals surface area (Å²) >= 11 is 9.58. The number of nitrogens with zero attached hydrogens (tertiary/aromatic N) is 4. The van der Waals surface area contributed by atoms with E-state index in [2.05, 4.69) is 36.2 Å². The van der Waals surface area contributed by atoms with Crippen LogP contribution in [0.3, 0.4) is 0 Å². The van der Waals surface area contributed by atoms with Crippen molar-refractivity contribution in [3.63, 3.8) is 0 Å². The monoisotopic (exact) mass is 471 g/mol. The normalized spacial score (nSPS) is 15.2. The molecule has 28 heavy (non-hydrogen) atoms. The van der Waals surface area contributed by atoms with Crippen LogP contribution in [0.2, 0.25) is 5.02 Å². The molecule has 0 bridgehead atoms. The van der Waals surface area contributed by atoms with Gasteiger partial charge in [0.15, 0.2) is 11.6 Å². The molecule has 0 saturated carbocycles. The molecule has 146 valence electrons. The van der Waals surface area contributed by atoms with Crippen LogP contribution in [0.15, 0.2) is 34.9 Å². The Hall–Kier alpha value is -1.97. The fourth-order valence-electron chi connectivity index (χ4n) is 2.97. The second kappa shape index (κ2) is 7.81. The van der Waals surface area contributed by atoms with Gasteiger partial charge in [-0.2, -0.15) is 0 Å². The van der Waals surface area contributed by atoms with Crippen LogP contribution in [0, 0.1) is 0 Å². The Kier molecular flexibility index (Phi) is 5.39. The first-order valence-corrected chi connectivity index (χ1v) is 9.60. The molecule has 5 nitrogen and oxygen atoms in total. The Morgan fingerprint density at radius 1 is 1.29 bits per heavy atom. The van der Waals surface area contributed by atoms with E-state index in [-0.39, 0.29) is 11.3 Å². The number of fused-ring (bicyclic) bond motifs is 1. The summed E-state index contributed by atoms with van der Waals surface area (Å²) in [5.41, 5.74) is 1.89. The molecular weight excluding hydrogens is 459 g/mol. The zero-order valence-electron chi connectivity index (χ0n) is 14.3. The Bertz CT molecular complexity index is 1030. The lowest BCUT2D eigenvalue weighted by molar-refractivity contribution is 0.0590. The van der Waals surface area contributed by atoms with Gasteiger partial charge in [0, 0.05) is 30.3 Å². The third-order valence-corrected chi connectivity index (χ3v) is 5.62. The van der Waals surface area contributed by atoms with Gasteiger partial charge in [-0.25, -0.2) is 23.1 Å². The van der Waals surface area contributed by atoms with Crippen molar-refractivity contribution in [2.75, 3.05) is 18.4 Å². The van der Waals surface area contributed by atoms with Crippen LogP contribution in [0.5, 0.6) is 0 Å². The number of likely N-dealkylation sites (tertiary alicyclic amines) is 1. The summed E-state index contributed by atoms with van der Waals surface area (Å²) in [7, 11) is 0. The third-order valence-electron chi connectivity index (χ3n) is 4.33. The molecule has 1 aliphatic rings. The molecule has 1 saturated heterocycles. The van der Waals surface area contributed by atoms with Crippen LogP contribution in [-0.2, 0) is 6.54 Å². The molecule has 0 unspecified atom stereocenters. The van der Waals surface area contributed by atoms with Crippen molar-refractivity contribution in [3.8, 4) is 0 Å². The predicted octanol–water partition coefficient (Wildman–Crippen LogP) is 5.28. The second-order valence-corrected chi connectivity index (χ2v) is 7.69. The highest BCUT2D eigenvalue weighted by Gasteiger charge is 2.26. The van der Waals surface area contributed by atoms with E-state index < -0.39 is 18.4 Å². The average molecular weight is 473 g/mol. The van der Waals surface area contributed by atoms with Crippen molar-refractivity contribution in [2.24, 2.45) is 0 Å². The molecule has 1 aromatic carbocycles. The van der Waals surface area contributed by atoms with Crippen LogP contribution in [0.4, 0.5) is 24.7 Å². The Morgan fingerprint density at radius 3 is 2.79 bits per heavy atom. The van der Waals surface area contributed by atoms with Crippen molar-refractivity contribution in [3.05, 3.63) is 51.3 Å². The van der Waals surface area contributed by atoms with Crippen LogP contribution < -0.4 is 5.32 Å². The van der Waals surface area contributed by atoms with Gasteiger partial charge in [-0.3, -0.25) is 9.88 Å². The maximum Gasteiger partial charge on any atom is 0.297 e. The van der Waals surface area contributed by atoms with E-state index >= 15 is 0 Å². The number of alkyl halides is 3. The number of benzene rings is 1. The van der Waals surface area contributed by atoms with Gasteiger partial charge in [-0.1, -0.05) is 17.7 Å². The lowest BCUT2D eigenvalue weighted by Gasteiger charge is -2.34. The van der Waals surface area contributed by atoms with E-state index in [0.29, 0.717) is 40.3 Å². The highest BCUT2D eigenvalue weighted by atomic mass is 79.9. The summed E-state index contributed by atoms with van der Waals surface area (Å²) < 4.78 is 40.3. The number of anilines is 2. The first-order chi connectivity index (χ1) is 13.4. The van der Waals surface area contributed by atoms with Crippen molar-refractivity contribution >= 4 is 50.1 Å². The van der Waals surface area contributed by atoms with E-state index in [0.717, 1.165) is 5.56 Å². The minimum Gasteiger partial charge on any atom is -0.337 e. The summed E-state index contributed by atoms with van der Waals surface area (Å²) in [6, 6.07) is 6.90. The Labute approximate surface area is 172 Å². The number of hydrogen-bond acceptors (Lipinski definition) is 5. The summed E-state index contributed by atoms with van der Waals surface area (Å²) in [6.45, 7) is 1.20. The highest BCUT2D eigenvalue weighted by molar-refractivity contribution is 9.10. The third kappa shape index (κ3) is 3.92. The predicted molar refractivity (Wildman–Crippen MR) is 105 cm³/mol. The van der Waals surface area contributed by atoms with Gasteiger partial charge in [0.05, 0.1) is 16.2 Å². The van der Waals surface area contributed by atoms with Crippen molar-refractivity contribution in [2.45, 2.75) is 19.1 Å². The lowest BCUT2D eigenvalue weighted by Crippen LogP contribution is -2.47. The standard InChI is InChI=1S/C18H14BrClF3N5/c19-11-2-1-3-12(14(11)20)25-17-15-13(26-18(27-17)16(22)23)4-9(5-24-15)6-28-7-10(21)8-28/h1-5,10,16H,6-8H2,(H,25,26,27). The summed E-state index contributed by atoms with van der Waals surface area (Å²) in [5, 5.41) is 3.36. The number of rotatable bonds is 5. The van der Waals surface area contributed by atoms with E-state index in [9.17, 15) is 13.2 Å². The van der Waals surface area contributed by atoms with E-state index in [1.54, 1.807) is 30.5 Å². The first-order valence-electron chi connectivity index (χ1n) is 8.43. The highest BCUT2D eigenvalue weighted by Crippen LogP contribution is 2.33. The molecule has 0 aliphatic carbocycles. The van der Waals surface area contributed by atoms with Crippen LogP contribution >= 0.6 is 27.5 Å². The van der Waals surface area contributed by atoms with Crippen LogP contribution in [0.25, 0.3) is 11.0 Å². The first kappa shape index (κ1) is 19.4. The summed E-state index contributed by atoms with van der Waals surface area (Å²) in [4.78, 5) is 14.1. The molecule has 2 aromatic heterocycles. The number of hydrogen-bond donors (Lipinski definition) is 1. The largest absolute Gasteiger partial charge is 0.337 e. The van der Waals surface area contributed by atoms with Crippen LogP contribution in [-0.4, -0.2) is 39.1 Å². The zero-order valence-corrected chi connectivity index (χ0v) is 16.7. The molecule has 0 radical (unpaired) electrons. The van der Waals surface area contributed by atoms with Gasteiger partial charge in [0.2, 0.25) is 0 Å². The Balaban J connectivity index is 1.73. The van der Waals surface area contributed by atoms with E-state index in [1.165, 1.54) is 0 Å². The molecule has 1 aliphatic heterocycles. The zero-order chi connectivity index (χ0) is 19.8. The Morgan fingerprint density at radius 2 is 2.07 bits per heavy atom. The minimum atomic E-state index is -2.84. The molecule has 0 atom stereocenters. The maximum absolute atomic E-state index is 13.3. The van der Waals surface area contributed by atoms with Gasteiger partial charge in [-0.05, 0) is 39.7 Å². The molecule has 0 spiro atoms. The molecule has 1 N–H and O–H groups in total. The fourth-order valence-corrected chi connectivity index (χ4v) is 3.51. The summed E-state index contributed by atoms with van der Waals surface area (Å²) in [5.74, 6) is -0.465. The van der Waals surface area contributed by atoms with E-state index in [1.807, 2.05) is 4.90 Å². The lowest BCUT2D eigenvalue weighted by atomic mass is 10.1. The molecule has 3 heterocycles. The van der Waals surface area contributed by atoms with Gasteiger partial charge in [0.1, 0.15) is 11.7 Å². The van der Waals surface area contributed by atoms with Crippen LogP contribution in [0.1, 0.15) is 17.8 Å². The minimum absolute atomic E-state index is 0.139. The van der Waals surface area contributed by atoms with Crippen molar-refractivity contribution in [1.82, 2.24) is 19.9 Å². The molecule has 3 aromatic rings. The van der Waals surface area contributed by atoms with Crippen molar-refractivity contribution in [1.29, 1.82) is 0 Å². The number of pyridine rings is 1. The molecular formula is C18H14BrClF3N5. The number of halogens is 5. The maximum atomic E-state index is 13.3. The second-order valence-electron chi connectivity index (χ2n) is 6.46. The van der Waals surface area contributed by atoms with Gasteiger partial charge in [0.25, 0.3) is 6.43 Å². The van der Waals surface area contributed by atoms with Gasteiger partial charge < -0.3 is 5.32 Å². The quantitative estimate of drug-likeness (QED) is 0.548. The molecule has 4 rings (SSSR count). The molecule has 1 fully saturated rings.